The molecule has 0 spiro atoms. The monoisotopic (exact) mass is 296 g/mol. The van der Waals surface area contributed by atoms with Crippen molar-refractivity contribution >= 4 is 23.1 Å². The number of ether oxygens (including phenoxy) is 2. The summed E-state index contributed by atoms with van der Waals surface area (Å²) in [4.78, 5) is 12.0. The third kappa shape index (κ3) is 5.54. The SMILES string of the molecule is COCCC(C)NC(=O)COc1ccccc1C(N)=S. The number of methoxy groups -OCH3 is 1. The normalized spacial score (nSPS) is 11.7. The first-order valence-electron chi connectivity index (χ1n) is 6.34. The van der Waals surface area contributed by atoms with E-state index in [1.807, 2.05) is 13.0 Å². The summed E-state index contributed by atoms with van der Waals surface area (Å²) in [5.74, 6) is 0.325. The Balaban J connectivity index is 2.47. The molecule has 6 heteroatoms. The van der Waals surface area contributed by atoms with E-state index in [1.165, 1.54) is 0 Å². The molecular formula is C14H20N2O3S. The van der Waals surface area contributed by atoms with E-state index in [1.54, 1.807) is 25.3 Å². The first kappa shape index (κ1) is 16.4. The van der Waals surface area contributed by atoms with Gasteiger partial charge in [0.05, 0.1) is 5.56 Å². The molecular weight excluding hydrogens is 276 g/mol. The highest BCUT2D eigenvalue weighted by atomic mass is 32.1. The molecule has 1 aromatic carbocycles. The summed E-state index contributed by atoms with van der Waals surface area (Å²) in [6.45, 7) is 2.45. The Hall–Kier alpha value is -1.66. The molecule has 5 nitrogen and oxygen atoms in total. The number of para-hydroxylation sites is 1. The van der Waals surface area contributed by atoms with Gasteiger partial charge in [0.2, 0.25) is 0 Å². The Morgan fingerprint density at radius 2 is 2.15 bits per heavy atom. The molecule has 1 amide bonds. The number of benzene rings is 1. The quantitative estimate of drug-likeness (QED) is 0.706. The summed E-state index contributed by atoms with van der Waals surface area (Å²) in [6.07, 6.45) is 0.756. The number of hydrogen-bond donors (Lipinski definition) is 2. The maximum atomic E-state index is 11.7. The van der Waals surface area contributed by atoms with Crippen LogP contribution in [0.25, 0.3) is 0 Å². The summed E-state index contributed by atoms with van der Waals surface area (Å²) in [6, 6.07) is 7.15. The lowest BCUT2D eigenvalue weighted by Crippen LogP contribution is -2.36. The van der Waals surface area contributed by atoms with Crippen LogP contribution in [-0.4, -0.2) is 37.3 Å². The molecule has 0 aliphatic rings. The number of amides is 1. The molecule has 0 aliphatic heterocycles. The molecule has 0 fully saturated rings. The number of thiocarbonyl (C=S) groups is 1. The Morgan fingerprint density at radius 1 is 1.45 bits per heavy atom. The van der Waals surface area contributed by atoms with Gasteiger partial charge >= 0.3 is 0 Å². The Kier molecular flexibility index (Phi) is 6.97. The zero-order chi connectivity index (χ0) is 15.0. The Morgan fingerprint density at radius 3 is 2.80 bits per heavy atom. The molecule has 20 heavy (non-hydrogen) atoms. The minimum absolute atomic E-state index is 0.0388. The van der Waals surface area contributed by atoms with Gasteiger partial charge < -0.3 is 20.5 Å². The van der Waals surface area contributed by atoms with Crippen molar-refractivity contribution in [3.8, 4) is 5.75 Å². The average molecular weight is 296 g/mol. The second-order valence-electron chi connectivity index (χ2n) is 4.40. The van der Waals surface area contributed by atoms with Gasteiger partial charge in [0.25, 0.3) is 5.91 Å². The second kappa shape index (κ2) is 8.50. The summed E-state index contributed by atoms with van der Waals surface area (Å²) in [7, 11) is 1.63. The van der Waals surface area contributed by atoms with Crippen LogP contribution in [0.15, 0.2) is 24.3 Å². The van der Waals surface area contributed by atoms with Crippen LogP contribution in [0, 0.1) is 0 Å². The summed E-state index contributed by atoms with van der Waals surface area (Å²) >= 11 is 4.93. The van der Waals surface area contributed by atoms with Gasteiger partial charge in [-0.05, 0) is 25.5 Å². The van der Waals surface area contributed by atoms with Gasteiger partial charge in [-0.3, -0.25) is 4.79 Å². The molecule has 0 heterocycles. The number of carbonyl (C=O) groups excluding carboxylic acids is 1. The van der Waals surface area contributed by atoms with Crippen molar-refractivity contribution in [3.05, 3.63) is 29.8 Å². The predicted octanol–water partition coefficient (Wildman–Crippen LogP) is 1.24. The van der Waals surface area contributed by atoms with E-state index < -0.39 is 0 Å². The highest BCUT2D eigenvalue weighted by molar-refractivity contribution is 7.80. The second-order valence-corrected chi connectivity index (χ2v) is 4.84. The highest BCUT2D eigenvalue weighted by Crippen LogP contribution is 2.17. The molecule has 0 bridgehead atoms. The largest absolute Gasteiger partial charge is 0.483 e. The van der Waals surface area contributed by atoms with Crippen LogP contribution in [0.1, 0.15) is 18.9 Å². The van der Waals surface area contributed by atoms with Crippen molar-refractivity contribution in [3.63, 3.8) is 0 Å². The van der Waals surface area contributed by atoms with Gasteiger partial charge in [0, 0.05) is 19.8 Å². The molecule has 3 N–H and O–H groups in total. The van der Waals surface area contributed by atoms with E-state index in [0.717, 1.165) is 6.42 Å². The Bertz CT molecular complexity index is 465. The predicted molar refractivity (Wildman–Crippen MR) is 81.9 cm³/mol. The maximum absolute atomic E-state index is 11.7. The van der Waals surface area contributed by atoms with Crippen molar-refractivity contribution in [1.82, 2.24) is 5.32 Å². The minimum atomic E-state index is -0.189. The van der Waals surface area contributed by atoms with E-state index in [4.69, 9.17) is 27.4 Å². The molecule has 110 valence electrons. The molecule has 1 atom stereocenters. The van der Waals surface area contributed by atoms with E-state index >= 15 is 0 Å². The molecule has 1 aromatic rings. The van der Waals surface area contributed by atoms with Crippen molar-refractivity contribution in [2.45, 2.75) is 19.4 Å². The third-order valence-electron chi connectivity index (χ3n) is 2.67. The van der Waals surface area contributed by atoms with Crippen LogP contribution < -0.4 is 15.8 Å². The fourth-order valence-corrected chi connectivity index (χ4v) is 1.79. The zero-order valence-corrected chi connectivity index (χ0v) is 12.5. The number of rotatable bonds is 8. The first-order chi connectivity index (χ1) is 9.54. The average Bonchev–Trinajstić information content (AvgIpc) is 2.43. The standard InChI is InChI=1S/C14H20N2O3S/c1-10(7-8-18-2)16-13(17)9-19-12-6-4-3-5-11(12)14(15)20/h3-6,10H,7-9H2,1-2H3,(H2,15,20)(H,16,17). The number of carbonyl (C=O) groups is 1. The summed E-state index contributed by atoms with van der Waals surface area (Å²) < 4.78 is 10.4. The fraction of sp³-hybridized carbons (Fsp3) is 0.429. The molecule has 0 saturated carbocycles. The number of nitrogens with two attached hydrogens (primary N) is 1. The maximum Gasteiger partial charge on any atom is 0.258 e. The minimum Gasteiger partial charge on any atom is -0.483 e. The van der Waals surface area contributed by atoms with Gasteiger partial charge in [-0.2, -0.15) is 0 Å². The van der Waals surface area contributed by atoms with Gasteiger partial charge in [0.15, 0.2) is 6.61 Å². The van der Waals surface area contributed by atoms with Crippen molar-refractivity contribution in [2.24, 2.45) is 5.73 Å². The third-order valence-corrected chi connectivity index (χ3v) is 2.89. The lowest BCUT2D eigenvalue weighted by Gasteiger charge is -2.14. The van der Waals surface area contributed by atoms with Crippen LogP contribution in [0.4, 0.5) is 0 Å². The van der Waals surface area contributed by atoms with Crippen molar-refractivity contribution < 1.29 is 14.3 Å². The zero-order valence-electron chi connectivity index (χ0n) is 11.7. The van der Waals surface area contributed by atoms with Crippen LogP contribution in [-0.2, 0) is 9.53 Å². The van der Waals surface area contributed by atoms with Crippen LogP contribution >= 0.6 is 12.2 Å². The topological polar surface area (TPSA) is 73.6 Å². The summed E-state index contributed by atoms with van der Waals surface area (Å²) in [5, 5.41) is 2.83. The Labute approximate surface area is 124 Å². The van der Waals surface area contributed by atoms with Gasteiger partial charge in [-0.1, -0.05) is 24.4 Å². The fourth-order valence-electron chi connectivity index (χ4n) is 1.62. The van der Waals surface area contributed by atoms with Crippen molar-refractivity contribution in [1.29, 1.82) is 0 Å². The molecule has 0 saturated heterocycles. The summed E-state index contributed by atoms with van der Waals surface area (Å²) in [5.41, 5.74) is 6.22. The van der Waals surface area contributed by atoms with Crippen LogP contribution in [0.5, 0.6) is 5.75 Å². The van der Waals surface area contributed by atoms with E-state index in [-0.39, 0.29) is 23.5 Å². The van der Waals surface area contributed by atoms with E-state index in [0.29, 0.717) is 17.9 Å². The van der Waals surface area contributed by atoms with Crippen LogP contribution in [0.2, 0.25) is 0 Å². The van der Waals surface area contributed by atoms with Gasteiger partial charge in [-0.15, -0.1) is 0 Å². The molecule has 1 unspecified atom stereocenters. The molecule has 0 radical (unpaired) electrons. The molecule has 0 aromatic heterocycles. The molecule has 1 rings (SSSR count). The van der Waals surface area contributed by atoms with E-state index in [2.05, 4.69) is 5.32 Å². The first-order valence-corrected chi connectivity index (χ1v) is 6.75. The lowest BCUT2D eigenvalue weighted by molar-refractivity contribution is -0.123. The number of hydrogen-bond acceptors (Lipinski definition) is 4. The highest BCUT2D eigenvalue weighted by Gasteiger charge is 2.10. The molecule has 0 aliphatic carbocycles. The number of nitrogens with one attached hydrogen (secondary N) is 1. The van der Waals surface area contributed by atoms with E-state index in [9.17, 15) is 4.79 Å². The van der Waals surface area contributed by atoms with Crippen LogP contribution in [0.3, 0.4) is 0 Å². The lowest BCUT2D eigenvalue weighted by atomic mass is 10.2. The smallest absolute Gasteiger partial charge is 0.258 e. The van der Waals surface area contributed by atoms with Gasteiger partial charge in [-0.25, -0.2) is 0 Å². The van der Waals surface area contributed by atoms with Gasteiger partial charge in [0.1, 0.15) is 10.7 Å². The van der Waals surface area contributed by atoms with Crippen molar-refractivity contribution in [2.75, 3.05) is 20.3 Å².